The van der Waals surface area contributed by atoms with E-state index >= 15 is 0 Å². The van der Waals surface area contributed by atoms with Crippen molar-refractivity contribution in [3.8, 4) is 0 Å². The maximum atomic E-state index is 13.6. The molecule has 0 aliphatic carbocycles. The van der Waals surface area contributed by atoms with Crippen molar-refractivity contribution in [3.05, 3.63) is 71.3 Å². The summed E-state index contributed by atoms with van der Waals surface area (Å²) in [7, 11) is 0. The zero-order chi connectivity index (χ0) is 26.6. The third kappa shape index (κ3) is 5.17. The summed E-state index contributed by atoms with van der Waals surface area (Å²) in [6.07, 6.45) is -0.872. The summed E-state index contributed by atoms with van der Waals surface area (Å²) in [5, 5.41) is 27.7. The number of benzene rings is 2. The predicted molar refractivity (Wildman–Crippen MR) is 126 cm³/mol. The normalized spacial score (nSPS) is 18.1. The first kappa shape index (κ1) is 25.9. The minimum Gasteiger partial charge on any atom is -0.481 e. The van der Waals surface area contributed by atoms with Gasteiger partial charge in [0.2, 0.25) is 5.91 Å². The van der Waals surface area contributed by atoms with Gasteiger partial charge in [-0.2, -0.15) is 0 Å². The quantitative estimate of drug-likeness (QED) is 0.180. The maximum absolute atomic E-state index is 13.6. The molecule has 0 aromatic heterocycles. The number of nitrogens with zero attached hydrogens (tertiary/aromatic N) is 2. The number of carboxylic acid groups (broad SMARTS) is 2. The smallest absolute Gasteiger partial charge is 0.328 e. The first-order valence-electron chi connectivity index (χ1n) is 10.8. The molecule has 3 rings (SSSR count). The lowest BCUT2D eigenvalue weighted by Crippen LogP contribution is -2.48. The standard InChI is InChI=1S/C24H25N5O7/c1-24(16-9-7-15(8-10-16)20(25)26)22(35)28(13-18(30)27-17(21(33)34)11-19(31)32)23(36)29(24)12-14-5-3-2-4-6-14/h2-10,17H,11-13H2,1H3,(H3,25,26)(H,27,30)(H,31,32)(H,33,34)/t17-,24?/m0/s1. The fraction of sp³-hybridized carbons (Fsp3) is 0.250. The van der Waals surface area contributed by atoms with E-state index in [-0.39, 0.29) is 12.4 Å². The molecule has 12 heteroatoms. The Balaban J connectivity index is 1.94. The second-order valence-electron chi connectivity index (χ2n) is 8.37. The number of hydrogen-bond acceptors (Lipinski definition) is 6. The number of hydrogen-bond donors (Lipinski definition) is 5. The van der Waals surface area contributed by atoms with Gasteiger partial charge in [-0.3, -0.25) is 24.7 Å². The van der Waals surface area contributed by atoms with Crippen LogP contribution in [-0.4, -0.2) is 68.2 Å². The van der Waals surface area contributed by atoms with Crippen LogP contribution < -0.4 is 11.1 Å². The molecule has 12 nitrogen and oxygen atoms in total. The van der Waals surface area contributed by atoms with Crippen LogP contribution in [0.15, 0.2) is 54.6 Å². The molecule has 36 heavy (non-hydrogen) atoms. The highest BCUT2D eigenvalue weighted by atomic mass is 16.4. The molecule has 4 amide bonds. The van der Waals surface area contributed by atoms with E-state index in [1.807, 2.05) is 5.32 Å². The van der Waals surface area contributed by atoms with E-state index in [9.17, 15) is 29.1 Å². The lowest BCUT2D eigenvalue weighted by atomic mass is 9.89. The van der Waals surface area contributed by atoms with Gasteiger partial charge in [0.1, 0.15) is 24.0 Å². The van der Waals surface area contributed by atoms with Crippen molar-refractivity contribution in [3.63, 3.8) is 0 Å². The van der Waals surface area contributed by atoms with Crippen molar-refractivity contribution < 1.29 is 34.2 Å². The van der Waals surface area contributed by atoms with E-state index < -0.39 is 54.3 Å². The molecule has 0 spiro atoms. The topological polar surface area (TPSA) is 194 Å². The van der Waals surface area contributed by atoms with E-state index in [1.54, 1.807) is 54.6 Å². The van der Waals surface area contributed by atoms with Gasteiger partial charge in [-0.1, -0.05) is 54.6 Å². The predicted octanol–water partition coefficient (Wildman–Crippen LogP) is 0.694. The van der Waals surface area contributed by atoms with Gasteiger partial charge >= 0.3 is 18.0 Å². The highest BCUT2D eigenvalue weighted by Crippen LogP contribution is 2.38. The fourth-order valence-corrected chi connectivity index (χ4v) is 3.95. The number of amides is 4. The SMILES string of the molecule is CC1(c2ccc(C(=N)N)cc2)C(=O)N(CC(=O)N[C@@H](CC(=O)O)C(=O)O)C(=O)N1Cc1ccccc1. The second kappa shape index (κ2) is 10.3. The molecule has 0 radical (unpaired) electrons. The van der Waals surface area contributed by atoms with Gasteiger partial charge in [0, 0.05) is 12.1 Å². The molecule has 1 saturated heterocycles. The van der Waals surface area contributed by atoms with Gasteiger partial charge in [-0.05, 0) is 18.1 Å². The molecular formula is C24H25N5O7. The van der Waals surface area contributed by atoms with Crippen molar-refractivity contribution in [1.29, 1.82) is 5.41 Å². The Morgan fingerprint density at radius 3 is 2.19 bits per heavy atom. The van der Waals surface area contributed by atoms with Crippen molar-refractivity contribution in [2.45, 2.75) is 31.5 Å². The fourth-order valence-electron chi connectivity index (χ4n) is 3.95. The van der Waals surface area contributed by atoms with Crippen LogP contribution in [0.2, 0.25) is 0 Å². The van der Waals surface area contributed by atoms with Gasteiger partial charge in [-0.15, -0.1) is 0 Å². The Hall–Kier alpha value is -4.74. The van der Waals surface area contributed by atoms with Crippen LogP contribution in [0.5, 0.6) is 0 Å². The van der Waals surface area contributed by atoms with Gasteiger partial charge in [0.15, 0.2) is 0 Å². The number of carboxylic acids is 2. The second-order valence-corrected chi connectivity index (χ2v) is 8.37. The molecule has 188 valence electrons. The molecular weight excluding hydrogens is 470 g/mol. The Kier molecular flexibility index (Phi) is 7.37. The summed E-state index contributed by atoms with van der Waals surface area (Å²) >= 11 is 0. The molecule has 1 heterocycles. The summed E-state index contributed by atoms with van der Waals surface area (Å²) < 4.78 is 0. The van der Waals surface area contributed by atoms with Crippen molar-refractivity contribution in [1.82, 2.24) is 15.1 Å². The number of carbonyl (C=O) groups excluding carboxylic acids is 3. The number of carbonyl (C=O) groups is 5. The van der Waals surface area contributed by atoms with E-state index in [1.165, 1.54) is 11.8 Å². The van der Waals surface area contributed by atoms with Gasteiger partial charge < -0.3 is 26.2 Å². The van der Waals surface area contributed by atoms with Crippen LogP contribution >= 0.6 is 0 Å². The third-order valence-electron chi connectivity index (χ3n) is 5.92. The number of nitrogen functional groups attached to an aromatic ring is 1. The monoisotopic (exact) mass is 495 g/mol. The number of rotatable bonds is 10. The molecule has 1 unspecified atom stereocenters. The van der Waals surface area contributed by atoms with Crippen LogP contribution in [0.3, 0.4) is 0 Å². The Morgan fingerprint density at radius 2 is 1.67 bits per heavy atom. The van der Waals surface area contributed by atoms with Gasteiger partial charge in [-0.25, -0.2) is 9.59 Å². The molecule has 2 aromatic rings. The highest BCUT2D eigenvalue weighted by Gasteiger charge is 2.55. The van der Waals surface area contributed by atoms with Crippen molar-refractivity contribution >= 4 is 35.6 Å². The van der Waals surface area contributed by atoms with Gasteiger partial charge in [0.05, 0.1) is 6.42 Å². The summed E-state index contributed by atoms with van der Waals surface area (Å²) in [6, 6.07) is 12.6. The number of urea groups is 1. The molecule has 2 aromatic carbocycles. The largest absolute Gasteiger partial charge is 0.481 e. The first-order valence-corrected chi connectivity index (χ1v) is 10.8. The van der Waals surface area contributed by atoms with Crippen LogP contribution in [0.4, 0.5) is 4.79 Å². The minimum absolute atomic E-state index is 0.0330. The summed E-state index contributed by atoms with van der Waals surface area (Å²) in [4.78, 5) is 63.8. The van der Waals surface area contributed by atoms with Gasteiger partial charge in [0.25, 0.3) is 5.91 Å². The van der Waals surface area contributed by atoms with Crippen molar-refractivity contribution in [2.75, 3.05) is 6.54 Å². The number of nitrogens with one attached hydrogen (secondary N) is 2. The number of aliphatic carboxylic acids is 2. The van der Waals surface area contributed by atoms with E-state index in [0.717, 1.165) is 5.56 Å². The molecule has 1 aliphatic heterocycles. The minimum atomic E-state index is -1.73. The van der Waals surface area contributed by atoms with Crippen molar-refractivity contribution in [2.24, 2.45) is 5.73 Å². The van der Waals surface area contributed by atoms with E-state index in [0.29, 0.717) is 16.0 Å². The van der Waals surface area contributed by atoms with Crippen LogP contribution in [0, 0.1) is 5.41 Å². The number of imide groups is 1. The molecule has 2 atom stereocenters. The zero-order valence-corrected chi connectivity index (χ0v) is 19.3. The van der Waals surface area contributed by atoms with Crippen LogP contribution in [-0.2, 0) is 31.3 Å². The number of nitrogens with two attached hydrogens (primary N) is 1. The average Bonchev–Trinajstić information content (AvgIpc) is 3.00. The zero-order valence-electron chi connectivity index (χ0n) is 19.3. The Labute approximate surface area is 205 Å². The van der Waals surface area contributed by atoms with E-state index in [4.69, 9.17) is 16.2 Å². The first-order chi connectivity index (χ1) is 16.9. The Morgan fingerprint density at radius 1 is 1.06 bits per heavy atom. The summed E-state index contributed by atoms with van der Waals surface area (Å²) in [5.74, 6) is -4.90. The lowest BCUT2D eigenvalue weighted by Gasteiger charge is -2.32. The molecule has 0 saturated carbocycles. The summed E-state index contributed by atoms with van der Waals surface area (Å²) in [5.41, 5.74) is 5.55. The Bertz CT molecular complexity index is 1220. The average molecular weight is 495 g/mol. The maximum Gasteiger partial charge on any atom is 0.328 e. The summed E-state index contributed by atoms with van der Waals surface area (Å²) in [6.45, 7) is 0.764. The highest BCUT2D eigenvalue weighted by molar-refractivity contribution is 6.09. The number of amidine groups is 1. The molecule has 1 aliphatic rings. The molecule has 0 bridgehead atoms. The molecule has 6 N–H and O–H groups in total. The van der Waals surface area contributed by atoms with Crippen LogP contribution in [0.25, 0.3) is 0 Å². The van der Waals surface area contributed by atoms with Crippen LogP contribution in [0.1, 0.15) is 30.0 Å². The third-order valence-corrected chi connectivity index (χ3v) is 5.92. The molecule has 1 fully saturated rings. The lowest BCUT2D eigenvalue weighted by molar-refractivity contribution is -0.147. The van der Waals surface area contributed by atoms with E-state index in [2.05, 4.69) is 0 Å².